The fraction of sp³-hybridized carbons (Fsp3) is 0.333. The van der Waals surface area contributed by atoms with Gasteiger partial charge in [0, 0.05) is 15.3 Å². The number of aliphatic hydroxyl groups is 1. The van der Waals surface area contributed by atoms with Crippen molar-refractivity contribution < 1.29 is 5.11 Å². The maximum Gasteiger partial charge on any atom is 0.0961 e. The van der Waals surface area contributed by atoms with E-state index in [0.29, 0.717) is 0 Å². The second-order valence-corrected chi connectivity index (χ2v) is 6.58. The molecule has 1 N–H and O–H groups in total. The standard InChI is InChI=1S/C15H15BrOS/c16-13-8-9-18-15(13)14(17)12-7-3-5-10-4-1-2-6-11(10)12/h1-2,4,6,8-9,12,14,17H,3,5,7H2. The summed E-state index contributed by atoms with van der Waals surface area (Å²) in [6.07, 6.45) is 3.00. The van der Waals surface area contributed by atoms with E-state index in [1.54, 1.807) is 11.3 Å². The van der Waals surface area contributed by atoms with Gasteiger partial charge in [-0.15, -0.1) is 11.3 Å². The maximum absolute atomic E-state index is 10.6. The van der Waals surface area contributed by atoms with Crippen molar-refractivity contribution in [3.63, 3.8) is 0 Å². The van der Waals surface area contributed by atoms with Crippen molar-refractivity contribution in [1.29, 1.82) is 0 Å². The molecule has 1 aliphatic rings. The summed E-state index contributed by atoms with van der Waals surface area (Å²) >= 11 is 5.15. The van der Waals surface area contributed by atoms with Gasteiger partial charge in [0.25, 0.3) is 0 Å². The monoisotopic (exact) mass is 322 g/mol. The van der Waals surface area contributed by atoms with Gasteiger partial charge in [0.1, 0.15) is 0 Å². The van der Waals surface area contributed by atoms with Crippen molar-refractivity contribution in [1.82, 2.24) is 0 Å². The summed E-state index contributed by atoms with van der Waals surface area (Å²) in [5.41, 5.74) is 2.73. The lowest BCUT2D eigenvalue weighted by Gasteiger charge is -2.29. The Bertz CT molecular complexity index is 549. The topological polar surface area (TPSA) is 20.2 Å². The zero-order valence-corrected chi connectivity index (χ0v) is 12.4. The minimum atomic E-state index is -0.388. The maximum atomic E-state index is 10.6. The van der Waals surface area contributed by atoms with Crippen LogP contribution in [0.25, 0.3) is 0 Å². The molecule has 1 aromatic carbocycles. The van der Waals surface area contributed by atoms with Crippen LogP contribution in [0.4, 0.5) is 0 Å². The summed E-state index contributed by atoms with van der Waals surface area (Å²) in [7, 11) is 0. The highest BCUT2D eigenvalue weighted by Crippen LogP contribution is 2.43. The van der Waals surface area contributed by atoms with Gasteiger partial charge in [-0.05, 0) is 57.8 Å². The highest BCUT2D eigenvalue weighted by Gasteiger charge is 2.29. The molecular weight excluding hydrogens is 308 g/mol. The lowest BCUT2D eigenvalue weighted by Crippen LogP contribution is -2.16. The number of halogens is 1. The van der Waals surface area contributed by atoms with Crippen LogP contribution in [0.15, 0.2) is 40.2 Å². The highest BCUT2D eigenvalue weighted by atomic mass is 79.9. The molecule has 0 aliphatic heterocycles. The van der Waals surface area contributed by atoms with Gasteiger partial charge in [-0.3, -0.25) is 0 Å². The SMILES string of the molecule is OC(c1sccc1Br)C1CCCc2ccccc21. The van der Waals surface area contributed by atoms with E-state index in [0.717, 1.165) is 22.2 Å². The summed E-state index contributed by atoms with van der Waals surface area (Å²) in [5.74, 6) is 0.241. The Morgan fingerprint density at radius 3 is 2.89 bits per heavy atom. The first-order valence-electron chi connectivity index (χ1n) is 6.26. The summed E-state index contributed by atoms with van der Waals surface area (Å²) < 4.78 is 1.03. The van der Waals surface area contributed by atoms with Crippen molar-refractivity contribution in [2.24, 2.45) is 0 Å². The molecular formula is C15H15BrOS. The molecule has 0 bridgehead atoms. The van der Waals surface area contributed by atoms with Crippen molar-refractivity contribution in [2.75, 3.05) is 0 Å². The van der Waals surface area contributed by atoms with Crippen LogP contribution >= 0.6 is 27.3 Å². The molecule has 1 aromatic heterocycles. The van der Waals surface area contributed by atoms with E-state index >= 15 is 0 Å². The predicted octanol–water partition coefficient (Wildman–Crippen LogP) is 4.66. The number of fused-ring (bicyclic) bond motifs is 1. The van der Waals surface area contributed by atoms with E-state index in [4.69, 9.17) is 0 Å². The van der Waals surface area contributed by atoms with Crippen molar-refractivity contribution in [3.8, 4) is 0 Å². The van der Waals surface area contributed by atoms with Gasteiger partial charge < -0.3 is 5.11 Å². The number of aryl methyl sites for hydroxylation is 1. The third-order valence-electron chi connectivity index (χ3n) is 3.71. The van der Waals surface area contributed by atoms with Crippen molar-refractivity contribution in [3.05, 3.63) is 56.2 Å². The first-order chi connectivity index (χ1) is 8.77. The average molecular weight is 323 g/mol. The zero-order valence-electron chi connectivity index (χ0n) is 9.97. The van der Waals surface area contributed by atoms with Crippen LogP contribution in [-0.2, 0) is 6.42 Å². The second kappa shape index (κ2) is 5.16. The Kier molecular flexibility index (Phi) is 3.55. The molecule has 3 rings (SSSR count). The molecule has 0 radical (unpaired) electrons. The molecule has 3 heteroatoms. The Labute approximate surface area is 120 Å². The molecule has 1 aliphatic carbocycles. The fourth-order valence-electron chi connectivity index (χ4n) is 2.82. The van der Waals surface area contributed by atoms with Gasteiger partial charge in [0.05, 0.1) is 6.10 Å². The Morgan fingerprint density at radius 1 is 1.28 bits per heavy atom. The van der Waals surface area contributed by atoms with Gasteiger partial charge in [-0.2, -0.15) is 0 Å². The van der Waals surface area contributed by atoms with Crippen LogP contribution in [0, 0.1) is 0 Å². The van der Waals surface area contributed by atoms with Gasteiger partial charge in [-0.1, -0.05) is 24.3 Å². The molecule has 1 nitrogen and oxygen atoms in total. The zero-order chi connectivity index (χ0) is 12.5. The first kappa shape index (κ1) is 12.4. The summed E-state index contributed by atoms with van der Waals surface area (Å²) in [6.45, 7) is 0. The van der Waals surface area contributed by atoms with Gasteiger partial charge in [0.15, 0.2) is 0 Å². The quantitative estimate of drug-likeness (QED) is 0.852. The van der Waals surface area contributed by atoms with E-state index < -0.39 is 0 Å². The highest BCUT2D eigenvalue weighted by molar-refractivity contribution is 9.10. The molecule has 0 spiro atoms. The summed E-state index contributed by atoms with van der Waals surface area (Å²) in [6, 6.07) is 10.5. The minimum Gasteiger partial charge on any atom is -0.387 e. The summed E-state index contributed by atoms with van der Waals surface area (Å²) in [4.78, 5) is 1.05. The number of thiophene rings is 1. The number of aliphatic hydroxyl groups excluding tert-OH is 1. The largest absolute Gasteiger partial charge is 0.387 e. The molecule has 0 saturated carbocycles. The number of benzene rings is 1. The Balaban J connectivity index is 1.97. The normalized spacial score (nSPS) is 20.4. The number of hydrogen-bond acceptors (Lipinski definition) is 2. The first-order valence-corrected chi connectivity index (χ1v) is 7.93. The van der Waals surface area contributed by atoms with Crippen LogP contribution in [0.1, 0.15) is 40.9 Å². The number of rotatable bonds is 2. The Morgan fingerprint density at radius 2 is 2.11 bits per heavy atom. The van der Waals surface area contributed by atoms with Crippen molar-refractivity contribution in [2.45, 2.75) is 31.3 Å². The molecule has 94 valence electrons. The smallest absolute Gasteiger partial charge is 0.0961 e. The van der Waals surface area contributed by atoms with Gasteiger partial charge in [0.2, 0.25) is 0 Å². The third kappa shape index (κ3) is 2.15. The van der Waals surface area contributed by atoms with E-state index in [9.17, 15) is 5.11 Å². The average Bonchev–Trinajstić information content (AvgIpc) is 2.83. The van der Waals surface area contributed by atoms with E-state index in [-0.39, 0.29) is 12.0 Å². The minimum absolute atomic E-state index is 0.241. The lowest BCUT2D eigenvalue weighted by atomic mass is 9.79. The molecule has 0 amide bonds. The lowest BCUT2D eigenvalue weighted by molar-refractivity contribution is 0.139. The summed E-state index contributed by atoms with van der Waals surface area (Å²) in [5, 5.41) is 12.7. The van der Waals surface area contributed by atoms with E-state index in [1.807, 2.05) is 11.4 Å². The van der Waals surface area contributed by atoms with Crippen LogP contribution < -0.4 is 0 Å². The molecule has 0 saturated heterocycles. The van der Waals surface area contributed by atoms with Gasteiger partial charge in [-0.25, -0.2) is 0 Å². The third-order valence-corrected chi connectivity index (χ3v) is 5.65. The molecule has 18 heavy (non-hydrogen) atoms. The van der Waals surface area contributed by atoms with Crippen LogP contribution in [0.5, 0.6) is 0 Å². The molecule has 0 fully saturated rings. The second-order valence-electron chi connectivity index (χ2n) is 4.78. The van der Waals surface area contributed by atoms with E-state index in [1.165, 1.54) is 17.5 Å². The van der Waals surface area contributed by atoms with Crippen LogP contribution in [0.3, 0.4) is 0 Å². The Hall–Kier alpha value is -0.640. The molecule has 2 unspecified atom stereocenters. The van der Waals surface area contributed by atoms with Crippen LogP contribution in [0.2, 0.25) is 0 Å². The van der Waals surface area contributed by atoms with E-state index in [2.05, 4.69) is 40.2 Å². The molecule has 2 atom stereocenters. The fourth-order valence-corrected chi connectivity index (χ4v) is 4.48. The molecule has 1 heterocycles. The number of hydrogen-bond donors (Lipinski definition) is 1. The molecule has 2 aromatic rings. The predicted molar refractivity (Wildman–Crippen MR) is 79.1 cm³/mol. The van der Waals surface area contributed by atoms with Crippen LogP contribution in [-0.4, -0.2) is 5.11 Å². The van der Waals surface area contributed by atoms with Crippen molar-refractivity contribution >= 4 is 27.3 Å². The van der Waals surface area contributed by atoms with Gasteiger partial charge >= 0.3 is 0 Å².